The molecule has 0 amide bonds. The molecule has 3 aromatic rings. The first-order chi connectivity index (χ1) is 19.8. The van der Waals surface area contributed by atoms with Gasteiger partial charge in [0, 0.05) is 22.1 Å². The van der Waals surface area contributed by atoms with Gasteiger partial charge in [-0.1, -0.05) is 24.3 Å². The van der Waals surface area contributed by atoms with E-state index in [1.54, 1.807) is 19.9 Å². The molecule has 41 heavy (non-hydrogen) atoms. The number of nitrogens with two attached hydrogens (primary N) is 1. The lowest BCUT2D eigenvalue weighted by molar-refractivity contribution is -0.152. The van der Waals surface area contributed by atoms with E-state index in [4.69, 9.17) is 15.2 Å². The number of halogens is 2. The molecule has 0 fully saturated rings. The van der Waals surface area contributed by atoms with Crippen LogP contribution in [0.15, 0.2) is 88.7 Å². The van der Waals surface area contributed by atoms with E-state index >= 15 is 0 Å². The molecule has 1 aromatic heterocycles. The minimum Gasteiger partial charge on any atom is -0.465 e. The van der Waals surface area contributed by atoms with Gasteiger partial charge in [-0.05, 0) is 67.6 Å². The minimum atomic E-state index is -1.20. The highest BCUT2D eigenvalue weighted by Gasteiger charge is 2.51. The Bertz CT molecular complexity index is 1550. The zero-order valence-electron chi connectivity index (χ0n) is 22.4. The molecule has 0 spiro atoms. The number of carbonyl (C=O) groups is 3. The molecule has 2 N–H and O–H groups in total. The van der Waals surface area contributed by atoms with Gasteiger partial charge in [0.1, 0.15) is 23.4 Å². The third kappa shape index (κ3) is 5.15. The summed E-state index contributed by atoms with van der Waals surface area (Å²) >= 11 is 1.40. The second-order valence-electron chi connectivity index (χ2n) is 9.60. The zero-order valence-corrected chi connectivity index (χ0v) is 23.3. The van der Waals surface area contributed by atoms with Gasteiger partial charge in [0.25, 0.3) is 0 Å². The van der Waals surface area contributed by atoms with Crippen molar-refractivity contribution >= 4 is 34.7 Å². The molecule has 1 aliphatic heterocycles. The number of hydrogen-bond donors (Lipinski definition) is 1. The van der Waals surface area contributed by atoms with Gasteiger partial charge in [-0.25, -0.2) is 13.6 Å². The molecule has 0 unspecified atom stereocenters. The average Bonchev–Trinajstić information content (AvgIpc) is 3.48. The highest BCUT2D eigenvalue weighted by Crippen LogP contribution is 2.52. The highest BCUT2D eigenvalue weighted by atomic mass is 32.1. The largest absolute Gasteiger partial charge is 0.465 e. The van der Waals surface area contributed by atoms with Crippen molar-refractivity contribution < 1.29 is 32.6 Å². The van der Waals surface area contributed by atoms with Crippen LogP contribution < -0.4 is 10.6 Å². The smallest absolute Gasteiger partial charge is 0.338 e. The van der Waals surface area contributed by atoms with Crippen LogP contribution in [-0.2, 0) is 23.9 Å². The maximum absolute atomic E-state index is 14.6. The molecule has 2 aromatic carbocycles. The number of rotatable bonds is 7. The van der Waals surface area contributed by atoms with Crippen LogP contribution in [0, 0.1) is 17.6 Å². The monoisotopic (exact) mass is 578 g/mol. The van der Waals surface area contributed by atoms with Crippen LogP contribution in [-0.4, -0.2) is 30.9 Å². The second kappa shape index (κ2) is 11.7. The average molecular weight is 579 g/mol. The van der Waals surface area contributed by atoms with Gasteiger partial charge in [-0.15, -0.1) is 11.3 Å². The van der Waals surface area contributed by atoms with Crippen LogP contribution in [0.1, 0.15) is 42.5 Å². The number of benzene rings is 2. The van der Waals surface area contributed by atoms with Crippen LogP contribution in [0.3, 0.4) is 0 Å². The van der Waals surface area contributed by atoms with Crippen molar-refractivity contribution in [1.29, 1.82) is 0 Å². The van der Waals surface area contributed by atoms with Gasteiger partial charge in [0.15, 0.2) is 5.78 Å². The first-order valence-corrected chi connectivity index (χ1v) is 14.1. The van der Waals surface area contributed by atoms with E-state index in [-0.39, 0.29) is 36.6 Å². The number of hydrogen-bond acceptors (Lipinski definition) is 8. The van der Waals surface area contributed by atoms with Crippen LogP contribution >= 0.6 is 11.3 Å². The first-order valence-electron chi connectivity index (χ1n) is 13.2. The lowest BCUT2D eigenvalue weighted by atomic mass is 9.68. The standard InChI is InChI=1S/C31H28F2N2O5S/c1-3-39-30(37)25-21(23-9-6-14-41-23)16-22-26(28(25)36)24(17-10-12-18(32)13-11-17)27(31(38)40-4-2)29(34)35(22)20-8-5-7-19(33)15-20/h5-15,21,24-25H,3-4,16,34H2,1-2H3/t21-,24-,25-/m1/s1. The fourth-order valence-corrected chi connectivity index (χ4v) is 6.47. The quantitative estimate of drug-likeness (QED) is 0.290. The summed E-state index contributed by atoms with van der Waals surface area (Å²) in [5, 5.41) is 1.85. The van der Waals surface area contributed by atoms with Crippen molar-refractivity contribution in [2.24, 2.45) is 11.7 Å². The molecular formula is C31H28F2N2O5S. The molecule has 7 nitrogen and oxygen atoms in total. The predicted octanol–water partition coefficient (Wildman–Crippen LogP) is 5.55. The maximum atomic E-state index is 14.6. The van der Waals surface area contributed by atoms with Crippen LogP contribution in [0.5, 0.6) is 0 Å². The Morgan fingerprint density at radius 3 is 2.37 bits per heavy atom. The van der Waals surface area contributed by atoms with Crippen molar-refractivity contribution in [3.63, 3.8) is 0 Å². The lowest BCUT2D eigenvalue weighted by Crippen LogP contribution is -2.46. The molecule has 10 heteroatoms. The lowest BCUT2D eigenvalue weighted by Gasteiger charge is -2.43. The fourth-order valence-electron chi connectivity index (χ4n) is 5.61. The fraction of sp³-hybridized carbons (Fsp3) is 0.258. The summed E-state index contributed by atoms with van der Waals surface area (Å²) in [6, 6.07) is 14.7. The van der Waals surface area contributed by atoms with Crippen LogP contribution in [0.4, 0.5) is 14.5 Å². The summed E-state index contributed by atoms with van der Waals surface area (Å²) in [4.78, 5) is 43.7. The molecule has 1 aliphatic carbocycles. The van der Waals surface area contributed by atoms with E-state index in [9.17, 15) is 23.2 Å². The number of ketones is 1. The van der Waals surface area contributed by atoms with E-state index in [0.717, 1.165) is 4.88 Å². The number of esters is 2. The molecule has 5 rings (SSSR count). The Morgan fingerprint density at radius 1 is 1.00 bits per heavy atom. The van der Waals surface area contributed by atoms with Crippen LogP contribution in [0.25, 0.3) is 0 Å². The number of nitrogens with zero attached hydrogens (tertiary/aromatic N) is 1. The van der Waals surface area contributed by atoms with Gasteiger partial charge >= 0.3 is 11.9 Å². The van der Waals surface area contributed by atoms with E-state index in [0.29, 0.717) is 16.9 Å². The first kappa shape index (κ1) is 28.2. The summed E-state index contributed by atoms with van der Waals surface area (Å²) in [6.07, 6.45) is 0.163. The van der Waals surface area contributed by atoms with Gasteiger partial charge in [0.2, 0.25) is 0 Å². The molecule has 0 saturated heterocycles. The molecular weight excluding hydrogens is 550 g/mol. The van der Waals surface area contributed by atoms with Gasteiger partial charge in [-0.3, -0.25) is 14.5 Å². The van der Waals surface area contributed by atoms with Crippen molar-refractivity contribution in [3.8, 4) is 0 Å². The highest BCUT2D eigenvalue weighted by molar-refractivity contribution is 7.10. The number of Topliss-reactive ketones (excluding diaryl/α,β-unsaturated/α-hetero) is 1. The number of ether oxygens (including phenoxy) is 2. The Hall–Kier alpha value is -4.31. The van der Waals surface area contributed by atoms with Crippen molar-refractivity contribution in [3.05, 3.63) is 111 Å². The maximum Gasteiger partial charge on any atom is 0.338 e. The Kier molecular flexibility index (Phi) is 8.03. The minimum absolute atomic E-state index is 0.0253. The normalized spacial score (nSPS) is 20.6. The molecule has 0 saturated carbocycles. The van der Waals surface area contributed by atoms with Crippen molar-refractivity contribution in [2.45, 2.75) is 32.1 Å². The zero-order chi connectivity index (χ0) is 29.3. The molecule has 2 aliphatic rings. The number of carbonyl (C=O) groups excluding carboxylic acids is 3. The second-order valence-corrected chi connectivity index (χ2v) is 10.6. The van der Waals surface area contributed by atoms with Gasteiger partial charge in [0.05, 0.1) is 30.4 Å². The number of anilines is 1. The van der Waals surface area contributed by atoms with Gasteiger partial charge in [-0.2, -0.15) is 0 Å². The summed E-state index contributed by atoms with van der Waals surface area (Å²) in [5.41, 5.74) is 7.91. The van der Waals surface area contributed by atoms with E-state index in [1.807, 2.05) is 17.5 Å². The SMILES string of the molecule is CCOC(=O)C1=C(N)N(c2cccc(F)c2)C2=C(C(=O)[C@H](C(=O)OCC)[C@@H](c3cccs3)C2)[C@H]1c1ccc(F)cc1. The van der Waals surface area contributed by atoms with Crippen molar-refractivity contribution in [2.75, 3.05) is 18.1 Å². The third-order valence-corrected chi connectivity index (χ3v) is 8.26. The Morgan fingerprint density at radius 2 is 1.73 bits per heavy atom. The topological polar surface area (TPSA) is 98.9 Å². The molecule has 212 valence electrons. The third-order valence-electron chi connectivity index (χ3n) is 7.25. The van der Waals surface area contributed by atoms with E-state index in [2.05, 4.69) is 0 Å². The number of thiophene rings is 1. The molecule has 3 atom stereocenters. The molecule has 0 radical (unpaired) electrons. The predicted molar refractivity (Wildman–Crippen MR) is 150 cm³/mol. The van der Waals surface area contributed by atoms with E-state index in [1.165, 1.54) is 58.7 Å². The molecule has 0 bridgehead atoms. The summed E-state index contributed by atoms with van der Waals surface area (Å²) in [6.45, 7) is 3.39. The summed E-state index contributed by atoms with van der Waals surface area (Å²) < 4.78 is 39.2. The van der Waals surface area contributed by atoms with Crippen LogP contribution in [0.2, 0.25) is 0 Å². The summed E-state index contributed by atoms with van der Waals surface area (Å²) in [5.74, 6) is -5.98. The van der Waals surface area contributed by atoms with E-state index < -0.39 is 47.1 Å². The Labute approximate surface area is 239 Å². The van der Waals surface area contributed by atoms with Crippen molar-refractivity contribution in [1.82, 2.24) is 0 Å². The van der Waals surface area contributed by atoms with Gasteiger partial charge < -0.3 is 15.2 Å². The Balaban J connectivity index is 1.82. The molecule has 2 heterocycles. The number of allylic oxidation sites excluding steroid dienone is 2. The summed E-state index contributed by atoms with van der Waals surface area (Å²) in [7, 11) is 0.